The Morgan fingerprint density at radius 1 is 1.32 bits per heavy atom. The van der Waals surface area contributed by atoms with Crippen molar-refractivity contribution in [2.75, 3.05) is 32.9 Å². The maximum atomic E-state index is 12.5. The highest BCUT2D eigenvalue weighted by molar-refractivity contribution is 7.99. The van der Waals surface area contributed by atoms with Gasteiger partial charge in [0, 0.05) is 30.5 Å². The van der Waals surface area contributed by atoms with Crippen LogP contribution in [0.1, 0.15) is 30.7 Å². The van der Waals surface area contributed by atoms with Gasteiger partial charge in [-0.1, -0.05) is 18.2 Å². The van der Waals surface area contributed by atoms with Crippen molar-refractivity contribution in [3.63, 3.8) is 0 Å². The van der Waals surface area contributed by atoms with Gasteiger partial charge in [0.2, 0.25) is 5.91 Å². The number of thioether (sulfide) groups is 1. The lowest BCUT2D eigenvalue weighted by atomic mass is 10.1. The number of carbonyl (C=O) groups excluding carboxylic acids is 1. The number of amides is 1. The summed E-state index contributed by atoms with van der Waals surface area (Å²) in [6.45, 7) is 5.62. The molecule has 0 unspecified atom stereocenters. The SMILES string of the molecule is Cc1cc(C)nc(SCC(=O)N2CCCC[C@H](N(C)C)C2)n1. The molecule has 1 saturated heterocycles. The van der Waals surface area contributed by atoms with Gasteiger partial charge in [0.1, 0.15) is 0 Å². The van der Waals surface area contributed by atoms with Gasteiger partial charge >= 0.3 is 0 Å². The van der Waals surface area contributed by atoms with Crippen LogP contribution >= 0.6 is 11.8 Å². The van der Waals surface area contributed by atoms with Crippen molar-refractivity contribution in [2.24, 2.45) is 0 Å². The summed E-state index contributed by atoms with van der Waals surface area (Å²) in [5.41, 5.74) is 1.90. The predicted octanol–water partition coefficient (Wildman–Crippen LogP) is 2.13. The minimum Gasteiger partial charge on any atom is -0.340 e. The summed E-state index contributed by atoms with van der Waals surface area (Å²) in [5.74, 6) is 0.616. The molecular formula is C16H26N4OS. The summed E-state index contributed by atoms with van der Waals surface area (Å²) < 4.78 is 0. The van der Waals surface area contributed by atoms with Gasteiger partial charge < -0.3 is 9.80 Å². The Kier molecular flexibility index (Phi) is 6.20. The van der Waals surface area contributed by atoms with E-state index in [2.05, 4.69) is 29.0 Å². The number of likely N-dealkylation sites (N-methyl/N-ethyl adjacent to an activating group) is 1. The van der Waals surface area contributed by atoms with E-state index in [9.17, 15) is 4.79 Å². The maximum Gasteiger partial charge on any atom is 0.233 e. The summed E-state index contributed by atoms with van der Waals surface area (Å²) in [7, 11) is 4.19. The summed E-state index contributed by atoms with van der Waals surface area (Å²) in [6.07, 6.45) is 3.46. The lowest BCUT2D eigenvalue weighted by Crippen LogP contribution is -2.42. The Balaban J connectivity index is 1.93. The van der Waals surface area contributed by atoms with Gasteiger partial charge in [-0.3, -0.25) is 4.79 Å². The third-order valence-electron chi connectivity index (χ3n) is 4.02. The van der Waals surface area contributed by atoms with Crippen molar-refractivity contribution < 1.29 is 4.79 Å². The van der Waals surface area contributed by atoms with E-state index in [4.69, 9.17) is 0 Å². The Labute approximate surface area is 137 Å². The van der Waals surface area contributed by atoms with Gasteiger partial charge in [-0.05, 0) is 46.9 Å². The van der Waals surface area contributed by atoms with E-state index in [1.807, 2.05) is 24.8 Å². The molecule has 0 radical (unpaired) electrons. The van der Waals surface area contributed by atoms with Crippen LogP contribution in [0, 0.1) is 13.8 Å². The van der Waals surface area contributed by atoms with Crippen LogP contribution in [0.15, 0.2) is 11.2 Å². The van der Waals surface area contributed by atoms with Crippen LogP contribution in [0.4, 0.5) is 0 Å². The minimum atomic E-state index is 0.196. The topological polar surface area (TPSA) is 49.3 Å². The molecule has 1 atom stereocenters. The zero-order chi connectivity index (χ0) is 16.1. The Bertz CT molecular complexity index is 501. The molecule has 1 amide bonds. The highest BCUT2D eigenvalue weighted by Gasteiger charge is 2.23. The Morgan fingerprint density at radius 3 is 2.64 bits per heavy atom. The van der Waals surface area contributed by atoms with Crippen LogP contribution in [-0.4, -0.2) is 64.7 Å². The third kappa shape index (κ3) is 4.95. The zero-order valence-corrected chi connectivity index (χ0v) is 14.8. The summed E-state index contributed by atoms with van der Waals surface area (Å²) >= 11 is 1.44. The maximum absolute atomic E-state index is 12.5. The van der Waals surface area contributed by atoms with E-state index < -0.39 is 0 Å². The van der Waals surface area contributed by atoms with Gasteiger partial charge in [0.25, 0.3) is 0 Å². The summed E-state index contributed by atoms with van der Waals surface area (Å²) in [4.78, 5) is 25.5. The van der Waals surface area contributed by atoms with Crippen LogP contribution in [0.5, 0.6) is 0 Å². The van der Waals surface area contributed by atoms with E-state index in [1.165, 1.54) is 24.6 Å². The molecule has 1 aliphatic heterocycles. The van der Waals surface area contributed by atoms with Gasteiger partial charge in [-0.2, -0.15) is 0 Å². The predicted molar refractivity (Wildman–Crippen MR) is 90.1 cm³/mol. The Hall–Kier alpha value is -1.14. The number of nitrogens with zero attached hydrogens (tertiary/aromatic N) is 4. The van der Waals surface area contributed by atoms with Crippen molar-refractivity contribution in [1.29, 1.82) is 0 Å². The first-order chi connectivity index (χ1) is 10.5. The zero-order valence-electron chi connectivity index (χ0n) is 14.0. The molecule has 1 aromatic rings. The monoisotopic (exact) mass is 322 g/mol. The van der Waals surface area contributed by atoms with Gasteiger partial charge in [-0.15, -0.1) is 0 Å². The molecule has 1 aliphatic rings. The summed E-state index contributed by atoms with van der Waals surface area (Å²) in [6, 6.07) is 2.41. The number of rotatable bonds is 4. The fourth-order valence-electron chi connectivity index (χ4n) is 2.74. The number of aromatic nitrogens is 2. The van der Waals surface area contributed by atoms with Crippen LogP contribution in [0.25, 0.3) is 0 Å². The number of likely N-dealkylation sites (tertiary alicyclic amines) is 1. The largest absolute Gasteiger partial charge is 0.340 e. The van der Waals surface area contributed by atoms with Gasteiger partial charge in [-0.25, -0.2) is 9.97 Å². The van der Waals surface area contributed by atoms with Crippen LogP contribution in [0.3, 0.4) is 0 Å². The first-order valence-electron chi connectivity index (χ1n) is 7.85. The molecule has 5 nitrogen and oxygen atoms in total. The molecule has 0 bridgehead atoms. The molecule has 0 saturated carbocycles. The second-order valence-corrected chi connectivity index (χ2v) is 7.12. The molecule has 2 rings (SSSR count). The lowest BCUT2D eigenvalue weighted by Gasteiger charge is -2.28. The molecule has 0 aromatic carbocycles. The van der Waals surface area contributed by atoms with Crippen LogP contribution in [-0.2, 0) is 4.79 Å². The quantitative estimate of drug-likeness (QED) is 0.628. The van der Waals surface area contributed by atoms with Crippen LogP contribution < -0.4 is 0 Å². The van der Waals surface area contributed by atoms with E-state index >= 15 is 0 Å². The first-order valence-corrected chi connectivity index (χ1v) is 8.83. The molecule has 6 heteroatoms. The highest BCUT2D eigenvalue weighted by atomic mass is 32.2. The average molecular weight is 322 g/mol. The lowest BCUT2D eigenvalue weighted by molar-refractivity contribution is -0.128. The van der Waals surface area contributed by atoms with E-state index in [-0.39, 0.29) is 5.91 Å². The van der Waals surface area contributed by atoms with Crippen molar-refractivity contribution in [3.8, 4) is 0 Å². The summed E-state index contributed by atoms with van der Waals surface area (Å²) in [5, 5.41) is 0.699. The van der Waals surface area contributed by atoms with E-state index in [0.29, 0.717) is 17.0 Å². The minimum absolute atomic E-state index is 0.196. The van der Waals surface area contributed by atoms with Crippen LogP contribution in [0.2, 0.25) is 0 Å². The molecular weight excluding hydrogens is 296 g/mol. The highest BCUT2D eigenvalue weighted by Crippen LogP contribution is 2.18. The van der Waals surface area contributed by atoms with Crippen molar-refractivity contribution in [3.05, 3.63) is 17.5 Å². The second-order valence-electron chi connectivity index (χ2n) is 6.17. The number of aryl methyl sites for hydroxylation is 2. The molecule has 1 fully saturated rings. The third-order valence-corrected chi connectivity index (χ3v) is 4.85. The van der Waals surface area contributed by atoms with Gasteiger partial charge in [0.05, 0.1) is 5.75 Å². The van der Waals surface area contributed by atoms with Gasteiger partial charge in [0.15, 0.2) is 5.16 Å². The fraction of sp³-hybridized carbons (Fsp3) is 0.688. The smallest absolute Gasteiger partial charge is 0.233 e. The normalized spacial score (nSPS) is 19.3. The number of hydrogen-bond acceptors (Lipinski definition) is 5. The van der Waals surface area contributed by atoms with Crippen molar-refractivity contribution in [2.45, 2.75) is 44.3 Å². The standard InChI is InChI=1S/C16H26N4OS/c1-12-9-13(2)18-16(17-12)22-11-15(21)20-8-6-5-7-14(10-20)19(3)4/h9,14H,5-8,10-11H2,1-4H3/t14-/m0/s1. The molecule has 1 aromatic heterocycles. The Morgan fingerprint density at radius 2 is 2.00 bits per heavy atom. The van der Waals surface area contributed by atoms with Crippen molar-refractivity contribution in [1.82, 2.24) is 19.8 Å². The average Bonchev–Trinajstić information content (AvgIpc) is 2.70. The molecule has 122 valence electrons. The first kappa shape index (κ1) is 17.2. The van der Waals surface area contributed by atoms with E-state index in [1.54, 1.807) is 0 Å². The molecule has 2 heterocycles. The fourth-order valence-corrected chi connectivity index (χ4v) is 3.60. The number of carbonyl (C=O) groups is 1. The molecule has 0 N–H and O–H groups in total. The second kappa shape index (κ2) is 7.92. The van der Waals surface area contributed by atoms with E-state index in [0.717, 1.165) is 30.9 Å². The van der Waals surface area contributed by atoms with Crippen molar-refractivity contribution >= 4 is 17.7 Å². The molecule has 22 heavy (non-hydrogen) atoms. The number of hydrogen-bond donors (Lipinski definition) is 0. The molecule has 0 spiro atoms. The molecule has 0 aliphatic carbocycles.